The van der Waals surface area contributed by atoms with E-state index in [9.17, 15) is 9.36 Å². The topological polar surface area (TPSA) is 91.1 Å². The predicted molar refractivity (Wildman–Crippen MR) is 120 cm³/mol. The van der Waals surface area contributed by atoms with E-state index in [0.717, 1.165) is 51.4 Å². The fourth-order valence-corrected chi connectivity index (χ4v) is 4.28. The van der Waals surface area contributed by atoms with Crippen molar-refractivity contribution in [3.05, 3.63) is 41.0 Å². The van der Waals surface area contributed by atoms with Crippen molar-refractivity contribution in [1.82, 2.24) is 5.06 Å². The van der Waals surface area contributed by atoms with Gasteiger partial charge in [0, 0.05) is 12.7 Å². The van der Waals surface area contributed by atoms with Crippen LogP contribution in [0.5, 0.6) is 0 Å². The normalized spacial score (nSPS) is 12.2. The molecule has 166 valence electrons. The highest BCUT2D eigenvalue weighted by atomic mass is 31.1. The smallest absolute Gasteiger partial charge is 0.353 e. The summed E-state index contributed by atoms with van der Waals surface area (Å²) in [7, 11) is -0.118. The van der Waals surface area contributed by atoms with E-state index in [4.69, 9.17) is 20.0 Å². The lowest BCUT2D eigenvalue weighted by Gasteiger charge is -2.31. The molecule has 0 saturated carbocycles. The van der Waals surface area contributed by atoms with Gasteiger partial charge in [0.15, 0.2) is 8.46 Å². The molecule has 2 aliphatic rings. The summed E-state index contributed by atoms with van der Waals surface area (Å²) in [6.07, 6.45) is 1.83. The van der Waals surface area contributed by atoms with Gasteiger partial charge in [-0.25, -0.2) is 9.90 Å². The van der Waals surface area contributed by atoms with Gasteiger partial charge in [0.25, 0.3) is 0 Å². The van der Waals surface area contributed by atoms with Gasteiger partial charge in [-0.15, -0.1) is 0 Å². The van der Waals surface area contributed by atoms with Gasteiger partial charge in [-0.3, -0.25) is 4.79 Å². The van der Waals surface area contributed by atoms with Gasteiger partial charge < -0.3 is 19.8 Å². The number of rotatable bonds is 11. The van der Waals surface area contributed by atoms with Crippen LogP contribution in [0.2, 0.25) is 0 Å². The lowest BCUT2D eigenvalue weighted by molar-refractivity contribution is -0.383. The molecule has 1 unspecified atom stereocenters. The largest absolute Gasteiger partial charge is 0.398 e. The number of ether oxygens (including phenoxy) is 2. The van der Waals surface area contributed by atoms with Crippen LogP contribution in [0.1, 0.15) is 44.4 Å². The summed E-state index contributed by atoms with van der Waals surface area (Å²) in [5, 5.41) is 1.04. The summed E-state index contributed by atoms with van der Waals surface area (Å²) in [5.74, 6) is -0.302. The van der Waals surface area contributed by atoms with E-state index in [1.807, 2.05) is 24.3 Å². The number of nitrogens with zero attached hydrogens (tertiary/aromatic N) is 1. The van der Waals surface area contributed by atoms with Gasteiger partial charge in [0.2, 0.25) is 5.91 Å². The van der Waals surface area contributed by atoms with Crippen LogP contribution in [0.4, 0.5) is 5.69 Å². The van der Waals surface area contributed by atoms with Crippen LogP contribution in [0.3, 0.4) is 0 Å². The van der Waals surface area contributed by atoms with Gasteiger partial charge in [-0.2, -0.15) is 0 Å². The Labute approximate surface area is 180 Å². The van der Waals surface area contributed by atoms with Gasteiger partial charge in [-0.1, -0.05) is 38.1 Å². The molecule has 0 radical (unpaired) electrons. The lowest BCUT2D eigenvalue weighted by atomic mass is 10.1. The SMILES string of the molecule is CCOC(OCC)(ON(C)C(=O)Cc1ccc2c(CC)c(N)c(CC)c-2cc1)[PH2]=O. The zero-order valence-electron chi connectivity index (χ0n) is 18.5. The number of nitrogens with two attached hydrogens (primary N) is 1. The molecule has 0 fully saturated rings. The quantitative estimate of drug-likeness (QED) is 0.327. The Morgan fingerprint density at radius 1 is 1.00 bits per heavy atom. The van der Waals surface area contributed by atoms with Crippen LogP contribution in [0.25, 0.3) is 11.1 Å². The molecule has 0 heterocycles. The fraction of sp³-hybridized carbons (Fsp3) is 0.500. The molecular weight excluding hydrogens is 403 g/mol. The van der Waals surface area contributed by atoms with Crippen molar-refractivity contribution in [2.75, 3.05) is 26.0 Å². The third kappa shape index (κ3) is 5.22. The Morgan fingerprint density at radius 3 is 1.90 bits per heavy atom. The molecule has 0 aromatic heterocycles. The first-order chi connectivity index (χ1) is 14.4. The number of likely N-dealkylation sites (N-methyl/N-ethyl adjacent to an activating group) is 1. The summed E-state index contributed by atoms with van der Waals surface area (Å²) in [4.78, 5) is 18.2. The number of anilines is 1. The third-order valence-electron chi connectivity index (χ3n) is 5.03. The molecule has 2 aliphatic carbocycles. The van der Waals surface area contributed by atoms with E-state index in [-0.39, 0.29) is 25.5 Å². The highest BCUT2D eigenvalue weighted by molar-refractivity contribution is 7.25. The third-order valence-corrected chi connectivity index (χ3v) is 5.76. The molecule has 0 bridgehead atoms. The van der Waals surface area contributed by atoms with Crippen molar-refractivity contribution in [3.63, 3.8) is 0 Å². The van der Waals surface area contributed by atoms with Crippen molar-refractivity contribution < 1.29 is 23.7 Å². The number of hydrogen-bond acceptors (Lipinski definition) is 6. The van der Waals surface area contributed by atoms with E-state index in [0.29, 0.717) is 0 Å². The molecular formula is C22H33N2O5P. The van der Waals surface area contributed by atoms with Gasteiger partial charge in [0.05, 0.1) is 19.6 Å². The molecule has 0 spiro atoms. The van der Waals surface area contributed by atoms with E-state index < -0.39 is 14.2 Å². The summed E-state index contributed by atoms with van der Waals surface area (Å²) in [6, 6.07) is 7.92. The molecule has 2 rings (SSSR count). The first-order valence-electron chi connectivity index (χ1n) is 10.4. The molecule has 0 saturated heterocycles. The highest BCUT2D eigenvalue weighted by Gasteiger charge is 2.35. The number of fused-ring (bicyclic) bond motifs is 1. The Bertz CT molecular complexity index is 810. The zero-order chi connectivity index (χ0) is 22.3. The van der Waals surface area contributed by atoms with Crippen LogP contribution in [0, 0.1) is 0 Å². The maximum absolute atomic E-state index is 12.7. The molecule has 0 aromatic carbocycles. The minimum absolute atomic E-state index is 0.120. The standard InChI is InChI=1S/C22H33N2O5P/c1-6-16-18-12-10-15(11-13-19(18)17(7-2)21(16)23)14-20(25)24(5)29-22(30-26,27-8-3)28-9-4/h10-13H,6-9,14,23,30H2,1-5H3. The molecule has 0 aromatic rings. The van der Waals surface area contributed by atoms with Gasteiger partial charge in [0.1, 0.15) is 0 Å². The van der Waals surface area contributed by atoms with Crippen molar-refractivity contribution in [1.29, 1.82) is 0 Å². The van der Waals surface area contributed by atoms with Gasteiger partial charge in [-0.05, 0) is 54.5 Å². The molecule has 8 heteroatoms. The number of amides is 1. The molecule has 1 amide bonds. The van der Waals surface area contributed by atoms with Crippen LogP contribution < -0.4 is 5.73 Å². The summed E-state index contributed by atoms with van der Waals surface area (Å²) in [5.41, 5.74) is 10.9. The summed E-state index contributed by atoms with van der Waals surface area (Å²) < 4.78 is 22.5. The minimum atomic E-state index is -1.72. The summed E-state index contributed by atoms with van der Waals surface area (Å²) >= 11 is 0. The Kier molecular flexibility index (Phi) is 8.86. The lowest BCUT2D eigenvalue weighted by Crippen LogP contribution is -2.42. The molecule has 30 heavy (non-hydrogen) atoms. The average Bonchev–Trinajstić information content (AvgIpc) is 2.84. The number of carbonyl (C=O) groups is 1. The number of carbonyl (C=O) groups excluding carboxylic acids is 1. The molecule has 1 atom stereocenters. The van der Waals surface area contributed by atoms with Crippen LogP contribution in [-0.2, 0) is 42.9 Å². The first-order valence-corrected chi connectivity index (χ1v) is 11.4. The summed E-state index contributed by atoms with van der Waals surface area (Å²) in [6.45, 7) is 8.15. The van der Waals surface area contributed by atoms with E-state index >= 15 is 0 Å². The molecule has 2 N–H and O–H groups in total. The zero-order valence-corrected chi connectivity index (χ0v) is 19.6. The molecule has 7 nitrogen and oxygen atoms in total. The van der Waals surface area contributed by atoms with Crippen LogP contribution in [-0.4, -0.2) is 36.9 Å². The number of hydroxylamine groups is 2. The van der Waals surface area contributed by atoms with Crippen molar-refractivity contribution in [2.45, 2.75) is 52.7 Å². The minimum Gasteiger partial charge on any atom is -0.398 e. The number of hydrogen-bond donors (Lipinski definition) is 1. The Hall–Kier alpha value is -1.92. The van der Waals surface area contributed by atoms with Crippen LogP contribution in [0.15, 0.2) is 24.3 Å². The second-order valence-corrected chi connectivity index (χ2v) is 7.84. The molecule has 0 aliphatic heterocycles. The van der Waals surface area contributed by atoms with E-state index in [1.54, 1.807) is 13.8 Å². The van der Waals surface area contributed by atoms with Crippen LogP contribution >= 0.6 is 8.46 Å². The Balaban J connectivity index is 2.24. The number of nitrogen functional groups attached to an aromatic ring is 1. The maximum atomic E-state index is 12.7. The van der Waals surface area contributed by atoms with E-state index in [2.05, 4.69) is 13.8 Å². The monoisotopic (exact) mass is 436 g/mol. The maximum Gasteiger partial charge on any atom is 0.353 e. The Morgan fingerprint density at radius 2 is 1.50 bits per heavy atom. The van der Waals surface area contributed by atoms with Gasteiger partial charge >= 0.3 is 5.71 Å². The van der Waals surface area contributed by atoms with E-state index in [1.165, 1.54) is 7.05 Å². The first kappa shape index (κ1) is 24.4. The van der Waals surface area contributed by atoms with Crippen molar-refractivity contribution in [2.24, 2.45) is 0 Å². The average molecular weight is 436 g/mol. The highest BCUT2D eigenvalue weighted by Crippen LogP contribution is 2.39. The van der Waals surface area contributed by atoms with Crippen molar-refractivity contribution in [3.8, 4) is 11.1 Å². The van der Waals surface area contributed by atoms with Crippen molar-refractivity contribution >= 4 is 20.1 Å². The second-order valence-electron chi connectivity index (χ2n) is 6.89. The second kappa shape index (κ2) is 10.9. The fourth-order valence-electron chi connectivity index (χ4n) is 3.61. The predicted octanol–water partition coefficient (Wildman–Crippen LogP) is 3.87.